The number of aryl methyl sites for hydroxylation is 2. The van der Waals surface area contributed by atoms with E-state index in [0.29, 0.717) is 24.3 Å². The van der Waals surface area contributed by atoms with Crippen LogP contribution in [-0.4, -0.2) is 50.4 Å². The van der Waals surface area contributed by atoms with E-state index in [0.717, 1.165) is 16.7 Å². The SMILES string of the molecule is CCc1ccccc1N(CC(=O)N(Cc1ccc(OC)cc1)[C@H](CC)C(=O)NC(C)(C)C)S(=O)(=O)c1ccc(C)cc1. The summed E-state index contributed by atoms with van der Waals surface area (Å²) >= 11 is 0. The minimum absolute atomic E-state index is 0.0889. The molecular weight excluding hydrogens is 550 g/mol. The molecule has 42 heavy (non-hydrogen) atoms. The van der Waals surface area contributed by atoms with Gasteiger partial charge in [-0.3, -0.25) is 13.9 Å². The molecule has 0 aliphatic rings. The average Bonchev–Trinajstić information content (AvgIpc) is 2.95. The Morgan fingerprint density at radius 2 is 1.55 bits per heavy atom. The number of sulfonamides is 1. The lowest BCUT2D eigenvalue weighted by Gasteiger charge is -2.35. The number of methoxy groups -OCH3 is 1. The predicted molar refractivity (Wildman–Crippen MR) is 167 cm³/mol. The van der Waals surface area contributed by atoms with Gasteiger partial charge in [-0.25, -0.2) is 8.42 Å². The molecule has 0 saturated heterocycles. The summed E-state index contributed by atoms with van der Waals surface area (Å²) in [6.07, 6.45) is 0.922. The molecule has 2 amide bonds. The van der Waals surface area contributed by atoms with Crippen LogP contribution in [0.25, 0.3) is 0 Å². The van der Waals surface area contributed by atoms with Crippen LogP contribution in [0.1, 0.15) is 57.7 Å². The van der Waals surface area contributed by atoms with Crippen LogP contribution in [0.4, 0.5) is 5.69 Å². The van der Waals surface area contributed by atoms with E-state index in [4.69, 9.17) is 4.74 Å². The van der Waals surface area contributed by atoms with Crippen molar-refractivity contribution in [1.82, 2.24) is 10.2 Å². The van der Waals surface area contributed by atoms with Gasteiger partial charge < -0.3 is 15.0 Å². The van der Waals surface area contributed by atoms with Gasteiger partial charge in [0, 0.05) is 12.1 Å². The Labute approximate surface area is 250 Å². The van der Waals surface area contributed by atoms with E-state index in [-0.39, 0.29) is 17.3 Å². The van der Waals surface area contributed by atoms with Gasteiger partial charge in [0.15, 0.2) is 0 Å². The van der Waals surface area contributed by atoms with Gasteiger partial charge in [-0.1, -0.05) is 61.9 Å². The number of amides is 2. The summed E-state index contributed by atoms with van der Waals surface area (Å²) in [6.45, 7) is 11.0. The molecule has 0 unspecified atom stereocenters. The maximum atomic E-state index is 14.3. The number of carbonyl (C=O) groups excluding carboxylic acids is 2. The summed E-state index contributed by atoms with van der Waals surface area (Å²) < 4.78 is 34.7. The van der Waals surface area contributed by atoms with Gasteiger partial charge >= 0.3 is 0 Å². The molecular formula is C33H43N3O5S. The van der Waals surface area contributed by atoms with E-state index in [1.54, 1.807) is 55.6 Å². The number of ether oxygens (including phenoxy) is 1. The highest BCUT2D eigenvalue weighted by Crippen LogP contribution is 2.29. The second kappa shape index (κ2) is 13.9. The highest BCUT2D eigenvalue weighted by atomic mass is 32.2. The summed E-state index contributed by atoms with van der Waals surface area (Å²) in [7, 11) is -2.55. The van der Waals surface area contributed by atoms with E-state index in [2.05, 4.69) is 5.32 Å². The first kappa shape index (κ1) is 32.7. The third-order valence-electron chi connectivity index (χ3n) is 6.93. The summed E-state index contributed by atoms with van der Waals surface area (Å²) in [5, 5.41) is 2.99. The average molecular weight is 594 g/mol. The number of anilines is 1. The van der Waals surface area contributed by atoms with Crippen LogP contribution < -0.4 is 14.4 Å². The highest BCUT2D eigenvalue weighted by Gasteiger charge is 2.35. The number of nitrogens with zero attached hydrogens (tertiary/aromatic N) is 2. The maximum absolute atomic E-state index is 14.3. The van der Waals surface area contributed by atoms with Crippen molar-refractivity contribution < 1.29 is 22.7 Å². The Morgan fingerprint density at radius 3 is 2.10 bits per heavy atom. The van der Waals surface area contributed by atoms with Gasteiger partial charge in [0.05, 0.1) is 17.7 Å². The maximum Gasteiger partial charge on any atom is 0.264 e. The lowest BCUT2D eigenvalue weighted by Crippen LogP contribution is -2.55. The van der Waals surface area contributed by atoms with Crippen LogP contribution in [-0.2, 0) is 32.6 Å². The first-order chi connectivity index (χ1) is 19.8. The third-order valence-corrected chi connectivity index (χ3v) is 8.70. The lowest BCUT2D eigenvalue weighted by molar-refractivity contribution is -0.141. The molecule has 1 N–H and O–H groups in total. The topological polar surface area (TPSA) is 96.0 Å². The number of hydrogen-bond donors (Lipinski definition) is 1. The van der Waals surface area contributed by atoms with E-state index >= 15 is 0 Å². The normalized spacial score (nSPS) is 12.4. The van der Waals surface area contributed by atoms with Gasteiger partial charge in [0.1, 0.15) is 18.3 Å². The minimum Gasteiger partial charge on any atom is -0.497 e. The van der Waals surface area contributed by atoms with E-state index in [1.807, 2.05) is 65.8 Å². The quantitative estimate of drug-likeness (QED) is 0.300. The van der Waals surface area contributed by atoms with Crippen LogP contribution in [0.2, 0.25) is 0 Å². The number of para-hydroxylation sites is 1. The Hall–Kier alpha value is -3.85. The molecule has 1 atom stereocenters. The van der Waals surface area contributed by atoms with Gasteiger partial charge in [-0.15, -0.1) is 0 Å². The predicted octanol–water partition coefficient (Wildman–Crippen LogP) is 5.48. The summed E-state index contributed by atoms with van der Waals surface area (Å²) in [4.78, 5) is 29.3. The fraction of sp³-hybridized carbons (Fsp3) is 0.394. The molecule has 0 spiro atoms. The zero-order chi connectivity index (χ0) is 31.1. The molecule has 3 aromatic rings. The number of nitrogens with one attached hydrogen (secondary N) is 1. The largest absolute Gasteiger partial charge is 0.497 e. The number of rotatable bonds is 12. The Bertz CT molecular complexity index is 1460. The van der Waals surface area contributed by atoms with Crippen molar-refractivity contribution in [3.05, 3.63) is 89.5 Å². The van der Waals surface area contributed by atoms with E-state index in [9.17, 15) is 18.0 Å². The van der Waals surface area contributed by atoms with Crippen LogP contribution in [0.3, 0.4) is 0 Å². The Balaban J connectivity index is 2.10. The molecule has 0 bridgehead atoms. The molecule has 0 heterocycles. The molecule has 0 radical (unpaired) electrons. The Kier molecular flexibility index (Phi) is 10.8. The fourth-order valence-corrected chi connectivity index (χ4v) is 6.16. The van der Waals surface area contributed by atoms with E-state index in [1.165, 1.54) is 9.21 Å². The Morgan fingerprint density at radius 1 is 0.929 bits per heavy atom. The zero-order valence-electron chi connectivity index (χ0n) is 25.7. The third kappa shape index (κ3) is 8.12. The van der Waals surface area contributed by atoms with Gasteiger partial charge in [0.2, 0.25) is 11.8 Å². The first-order valence-electron chi connectivity index (χ1n) is 14.2. The van der Waals surface area contributed by atoms with Crippen molar-refractivity contribution in [3.63, 3.8) is 0 Å². The van der Waals surface area contributed by atoms with Crippen LogP contribution in [0.15, 0.2) is 77.7 Å². The first-order valence-corrected chi connectivity index (χ1v) is 15.7. The molecule has 0 aromatic heterocycles. The van der Waals surface area contributed by atoms with Crippen molar-refractivity contribution in [1.29, 1.82) is 0 Å². The van der Waals surface area contributed by atoms with Crippen molar-refractivity contribution in [2.75, 3.05) is 18.0 Å². The monoisotopic (exact) mass is 593 g/mol. The van der Waals surface area contributed by atoms with Gasteiger partial charge in [-0.2, -0.15) is 0 Å². The van der Waals surface area contributed by atoms with Crippen molar-refractivity contribution in [2.45, 2.75) is 77.4 Å². The summed E-state index contributed by atoms with van der Waals surface area (Å²) in [6, 6.07) is 20.2. The molecule has 3 aromatic carbocycles. The van der Waals surface area contributed by atoms with Crippen LogP contribution in [0.5, 0.6) is 5.75 Å². The van der Waals surface area contributed by atoms with Crippen molar-refractivity contribution in [2.24, 2.45) is 0 Å². The second-order valence-electron chi connectivity index (χ2n) is 11.3. The molecule has 0 aliphatic carbocycles. The lowest BCUT2D eigenvalue weighted by atomic mass is 10.1. The number of hydrogen-bond acceptors (Lipinski definition) is 5. The zero-order valence-corrected chi connectivity index (χ0v) is 26.5. The minimum atomic E-state index is -4.13. The molecule has 226 valence electrons. The van der Waals surface area contributed by atoms with Crippen LogP contribution in [0, 0.1) is 6.92 Å². The molecule has 8 nitrogen and oxygen atoms in total. The smallest absolute Gasteiger partial charge is 0.264 e. The molecule has 0 aliphatic heterocycles. The highest BCUT2D eigenvalue weighted by molar-refractivity contribution is 7.92. The summed E-state index contributed by atoms with van der Waals surface area (Å²) in [5.74, 6) is -0.113. The van der Waals surface area contributed by atoms with Gasteiger partial charge in [0.25, 0.3) is 10.0 Å². The number of carbonyl (C=O) groups is 2. The number of benzene rings is 3. The molecule has 9 heteroatoms. The van der Waals surface area contributed by atoms with E-state index < -0.39 is 34.1 Å². The van der Waals surface area contributed by atoms with Gasteiger partial charge in [-0.05, 0) is 82.0 Å². The van der Waals surface area contributed by atoms with Crippen LogP contribution >= 0.6 is 0 Å². The fourth-order valence-electron chi connectivity index (χ4n) is 4.70. The van der Waals surface area contributed by atoms with Crippen molar-refractivity contribution >= 4 is 27.5 Å². The molecule has 0 saturated carbocycles. The molecule has 3 rings (SSSR count). The second-order valence-corrected chi connectivity index (χ2v) is 13.2. The standard InChI is InChI=1S/C33H43N3O5S/c1-8-26-12-10-11-13-30(26)36(42(39,40)28-20-14-24(3)15-21-28)23-31(37)35(22-25-16-18-27(41-7)19-17-25)29(9-2)32(38)34-33(4,5)6/h10-21,29H,8-9,22-23H2,1-7H3,(H,34,38)/t29-/m1/s1. The molecule has 0 fully saturated rings. The van der Waals surface area contributed by atoms with Crippen molar-refractivity contribution in [3.8, 4) is 5.75 Å². The summed E-state index contributed by atoms with van der Waals surface area (Å²) in [5.41, 5.74) is 2.42.